The molecule has 0 spiro atoms. The van der Waals surface area contributed by atoms with Gasteiger partial charge < -0.3 is 14.2 Å². The lowest BCUT2D eigenvalue weighted by Gasteiger charge is -2.20. The average Bonchev–Trinajstić information content (AvgIpc) is 1.59. The Morgan fingerprint density at radius 1 is 0.427 bits per heavy atom. The quantitative estimate of drug-likeness (QED) is 0.0643. The summed E-state index contributed by atoms with van der Waals surface area (Å²) >= 11 is 0. The summed E-state index contributed by atoms with van der Waals surface area (Å²) in [6.07, 6.45) is 7.57. The first-order chi connectivity index (χ1) is 52.8. The first-order valence-corrected chi connectivity index (χ1v) is 36.5. The minimum absolute atomic E-state index is 0.0141. The van der Waals surface area contributed by atoms with Crippen molar-refractivity contribution in [3.05, 3.63) is 285 Å². The largest absolute Gasteiger partial charge is 0.474 e. The normalized spacial score (nSPS) is 12.4. The molecule has 1 fully saturated rings. The van der Waals surface area contributed by atoms with E-state index in [1.54, 1.807) is 72.0 Å². The zero-order chi connectivity index (χ0) is 77.7. The SMILES string of the molecule is CC(C)Cn1c(=O)n(C)c(=O)c2c(OC3CCCC3)n(Cc3ccc(-c4cccc(F)n4)cc3)nc21.CC(C)Cn1c(=O)n(C)c(=O)c2c(Oc3ccccc3)n(Cc3ccc(-c4cccc(F)n4)cc3)nc21.Cn1c(=O)c2c(Oc3ccccc3)n(Cc3ccc(-c4ccncc4)cc3)nc2n(CC(C)(C)C)c1=O. The van der Waals surface area contributed by atoms with Gasteiger partial charge in [-0.05, 0) is 131 Å². The topological polar surface area (TPSA) is 252 Å². The molecule has 0 amide bonds. The maximum Gasteiger partial charge on any atom is 0.332 e. The molecule has 0 unspecified atom stereocenters. The molecule has 110 heavy (non-hydrogen) atoms. The first-order valence-electron chi connectivity index (χ1n) is 36.5. The summed E-state index contributed by atoms with van der Waals surface area (Å²) in [5.41, 5.74) is 5.83. The van der Waals surface area contributed by atoms with Gasteiger partial charge in [0.2, 0.25) is 29.5 Å². The number of pyridine rings is 3. The minimum atomic E-state index is -0.540. The molecular weight excluding hydrogens is 1400 g/mol. The number of fused-ring (bicyclic) bond motifs is 3. The van der Waals surface area contributed by atoms with Crippen molar-refractivity contribution >= 4 is 33.1 Å². The highest BCUT2D eigenvalue weighted by Gasteiger charge is 2.30. The standard InChI is InChI=1S/C29H29N5O3.C28H26FN5O3.C27H30FN5O3/c1-29(2,3)19-33-25-24(26(35)32(4)28(33)36)27(37-23-8-6-5-7-9-23)34(31-25)18-20-10-12-21(13-11-20)22-14-16-30-17-15-22;1-18(2)16-33-25-24(26(35)32(3)28(33)36)27(37-21-8-5-4-6-9-21)34(31-25)17-19-12-14-20(15-13-19)22-10-7-11-23(29)30-22;1-17(2)15-32-24-23(25(34)31(3)27(32)35)26(36-20-7-4-5-8-20)33(30-24)16-18-11-13-19(14-12-18)21-9-6-10-22(28)29-21/h5-17H,18-19H2,1-4H3;4-15,18H,16-17H2,1-3H3;6,9-14,17,20H,4-5,7-8,15-16H2,1-3H3. The van der Waals surface area contributed by atoms with E-state index in [0.29, 0.717) is 84.1 Å². The van der Waals surface area contributed by atoms with Gasteiger partial charge in [-0.25, -0.2) is 38.4 Å². The number of hydrogen-bond donors (Lipinski definition) is 0. The van der Waals surface area contributed by atoms with Gasteiger partial charge in [-0.3, -0.25) is 46.8 Å². The van der Waals surface area contributed by atoms with Gasteiger partial charge in [0.05, 0.1) is 31.0 Å². The molecule has 1 saturated carbocycles. The molecule has 0 bridgehead atoms. The number of nitrogens with zero attached hydrogens (tertiary/aromatic N) is 15. The van der Waals surface area contributed by atoms with Crippen LogP contribution in [-0.2, 0) is 60.4 Å². The number of hydrogen-bond acceptors (Lipinski definition) is 15. The predicted octanol–water partition coefficient (Wildman–Crippen LogP) is 13.6. The zero-order valence-corrected chi connectivity index (χ0v) is 62.9. The summed E-state index contributed by atoms with van der Waals surface area (Å²) in [5.74, 6) is 1.38. The lowest BCUT2D eigenvalue weighted by molar-refractivity contribution is 0.192. The van der Waals surface area contributed by atoms with Gasteiger partial charge in [-0.15, -0.1) is 0 Å². The highest BCUT2D eigenvalue weighted by Crippen LogP contribution is 2.34. The van der Waals surface area contributed by atoms with Crippen LogP contribution in [0.5, 0.6) is 29.1 Å². The number of benzene rings is 5. The van der Waals surface area contributed by atoms with Gasteiger partial charge in [-0.1, -0.05) is 170 Å². The summed E-state index contributed by atoms with van der Waals surface area (Å²) < 4.78 is 58.9. The molecule has 14 aromatic rings. The lowest BCUT2D eigenvalue weighted by Crippen LogP contribution is -2.40. The van der Waals surface area contributed by atoms with Crippen LogP contribution < -0.4 is 48.0 Å². The molecule has 0 saturated heterocycles. The van der Waals surface area contributed by atoms with Gasteiger partial charge in [-0.2, -0.15) is 24.1 Å². The molecule has 9 aromatic heterocycles. The van der Waals surface area contributed by atoms with Crippen LogP contribution in [0.1, 0.15) is 90.8 Å². The molecule has 0 radical (unpaired) electrons. The smallest absolute Gasteiger partial charge is 0.332 e. The highest BCUT2D eigenvalue weighted by atomic mass is 19.1. The molecular formula is C84H85F2N15O9. The van der Waals surface area contributed by atoms with Crippen molar-refractivity contribution in [3.8, 4) is 62.8 Å². The fourth-order valence-corrected chi connectivity index (χ4v) is 13.3. The van der Waals surface area contributed by atoms with Crippen LogP contribution >= 0.6 is 0 Å². The summed E-state index contributed by atoms with van der Waals surface area (Å²) in [6, 6.07) is 54.9. The van der Waals surface area contributed by atoms with E-state index in [9.17, 15) is 37.5 Å². The second-order valence-electron chi connectivity index (χ2n) is 29.5. The van der Waals surface area contributed by atoms with Gasteiger partial charge in [0, 0.05) is 64.3 Å². The third-order valence-electron chi connectivity index (χ3n) is 18.7. The summed E-state index contributed by atoms with van der Waals surface area (Å²) in [6.45, 7) is 16.4. The van der Waals surface area contributed by atoms with Crippen LogP contribution in [0.15, 0.2) is 223 Å². The molecule has 24 nitrogen and oxygen atoms in total. The van der Waals surface area contributed by atoms with Crippen LogP contribution in [0, 0.1) is 29.1 Å². The number of rotatable bonds is 20. The fourth-order valence-electron chi connectivity index (χ4n) is 13.3. The van der Waals surface area contributed by atoms with Crippen LogP contribution in [-0.4, -0.2) is 77.8 Å². The Hall–Kier alpha value is -12.7. The van der Waals surface area contributed by atoms with Crippen molar-refractivity contribution < 1.29 is 23.0 Å². The second kappa shape index (κ2) is 32.4. The van der Waals surface area contributed by atoms with Crippen LogP contribution in [0.3, 0.4) is 0 Å². The van der Waals surface area contributed by atoms with Crippen LogP contribution in [0.4, 0.5) is 8.78 Å². The Bertz CT molecular complexity index is 6030. The third-order valence-corrected chi connectivity index (χ3v) is 18.7. The fraction of sp³-hybridized carbons (Fsp3) is 0.286. The molecule has 1 aliphatic rings. The highest BCUT2D eigenvalue weighted by molar-refractivity contribution is 5.83. The van der Waals surface area contributed by atoms with Gasteiger partial charge in [0.25, 0.3) is 16.7 Å². The molecule has 564 valence electrons. The second-order valence-corrected chi connectivity index (χ2v) is 29.5. The van der Waals surface area contributed by atoms with E-state index >= 15 is 0 Å². The molecule has 5 aromatic carbocycles. The monoisotopic (exact) mass is 1490 g/mol. The van der Waals surface area contributed by atoms with Crippen molar-refractivity contribution in [1.82, 2.24) is 71.7 Å². The summed E-state index contributed by atoms with van der Waals surface area (Å²) in [4.78, 5) is 90.9. The first kappa shape index (κ1) is 75.5. The Morgan fingerprint density at radius 3 is 1.16 bits per heavy atom. The van der Waals surface area contributed by atoms with Crippen molar-refractivity contribution in [3.63, 3.8) is 0 Å². The maximum atomic E-state index is 13.6. The number of ether oxygens (including phenoxy) is 3. The van der Waals surface area contributed by atoms with Crippen molar-refractivity contribution in [2.75, 3.05) is 0 Å². The average molecular weight is 1490 g/mol. The number of halogens is 2. The predicted molar refractivity (Wildman–Crippen MR) is 419 cm³/mol. The van der Waals surface area contributed by atoms with Gasteiger partial charge in [0.1, 0.15) is 33.8 Å². The maximum absolute atomic E-state index is 13.6. The Kier molecular flexibility index (Phi) is 22.2. The third kappa shape index (κ3) is 16.7. The van der Waals surface area contributed by atoms with Crippen molar-refractivity contribution in [2.24, 2.45) is 38.4 Å². The molecule has 0 atom stereocenters. The zero-order valence-electron chi connectivity index (χ0n) is 62.9. The van der Waals surface area contributed by atoms with E-state index in [4.69, 9.17) is 29.5 Å². The van der Waals surface area contributed by atoms with Crippen molar-refractivity contribution in [1.29, 1.82) is 0 Å². The summed E-state index contributed by atoms with van der Waals surface area (Å²) in [5, 5.41) is 15.1. The van der Waals surface area contributed by atoms with E-state index in [1.165, 1.54) is 37.8 Å². The van der Waals surface area contributed by atoms with Gasteiger partial charge in [0.15, 0.2) is 16.9 Å². The number of aromatic nitrogens is 15. The van der Waals surface area contributed by atoms with E-state index in [1.807, 2.05) is 182 Å². The van der Waals surface area contributed by atoms with E-state index in [-0.39, 0.29) is 57.9 Å². The molecule has 15 rings (SSSR count). The molecule has 0 aliphatic heterocycles. The van der Waals surface area contributed by atoms with E-state index < -0.39 is 40.0 Å². The van der Waals surface area contributed by atoms with Crippen molar-refractivity contribution in [2.45, 2.75) is 120 Å². The summed E-state index contributed by atoms with van der Waals surface area (Å²) in [7, 11) is 4.45. The van der Waals surface area contributed by atoms with Crippen LogP contribution in [0.25, 0.3) is 66.7 Å². The minimum Gasteiger partial charge on any atom is -0.474 e. The van der Waals surface area contributed by atoms with E-state index in [2.05, 4.69) is 15.0 Å². The molecule has 26 heteroatoms. The molecule has 0 N–H and O–H groups in total. The van der Waals surface area contributed by atoms with E-state index in [0.717, 1.165) is 78.3 Å². The lowest BCUT2D eigenvalue weighted by atomic mass is 9.97. The Balaban J connectivity index is 0.000000145. The Labute approximate surface area is 631 Å². The number of para-hydroxylation sites is 2. The van der Waals surface area contributed by atoms with Gasteiger partial charge >= 0.3 is 17.1 Å². The van der Waals surface area contributed by atoms with Crippen LogP contribution in [0.2, 0.25) is 0 Å². The molecule has 1 aliphatic carbocycles. The molecule has 9 heterocycles. The Morgan fingerprint density at radius 2 is 0.782 bits per heavy atom.